The summed E-state index contributed by atoms with van der Waals surface area (Å²) in [5.41, 5.74) is 5.24. The number of benzene rings is 1. The average molecular weight is 388 g/mol. The summed E-state index contributed by atoms with van der Waals surface area (Å²) in [7, 11) is 0. The van der Waals surface area contributed by atoms with Crippen molar-refractivity contribution in [1.29, 1.82) is 0 Å². The monoisotopic (exact) mass is 387 g/mol. The van der Waals surface area contributed by atoms with E-state index in [4.69, 9.17) is 11.6 Å². The minimum absolute atomic E-state index is 0.229. The van der Waals surface area contributed by atoms with Gasteiger partial charge in [0.25, 0.3) is 5.56 Å². The summed E-state index contributed by atoms with van der Waals surface area (Å²) >= 11 is 5.95. The molecule has 4 heterocycles. The molecule has 1 aromatic carbocycles. The Kier molecular flexibility index (Phi) is 3.74. The number of aryl methyl sites for hydroxylation is 1. The Morgan fingerprint density at radius 3 is 2.68 bits per heavy atom. The predicted molar refractivity (Wildman–Crippen MR) is 110 cm³/mol. The standard InChI is InChI=1S/C21H14ClN5O/c1-11-4-2-3-5-12(11)19-13-8-14(21(28)27-15(13)6-7-23-19)20-25-16-9-18(22)24-10-17(16)26-20/h2-10H,1H3,(H,25,26)(H,27,28). The molecule has 0 unspecified atom stereocenters. The molecule has 0 aliphatic carbocycles. The second-order valence-electron chi connectivity index (χ2n) is 6.56. The number of nitrogens with one attached hydrogen (secondary N) is 2. The van der Waals surface area contributed by atoms with E-state index in [2.05, 4.69) is 24.9 Å². The molecule has 0 amide bonds. The van der Waals surface area contributed by atoms with E-state index in [1.54, 1.807) is 24.5 Å². The summed E-state index contributed by atoms with van der Waals surface area (Å²) in [6.07, 6.45) is 3.30. The van der Waals surface area contributed by atoms with E-state index in [1.807, 2.05) is 37.3 Å². The Labute approximate surface area is 164 Å². The van der Waals surface area contributed by atoms with Crippen LogP contribution < -0.4 is 5.56 Å². The zero-order chi connectivity index (χ0) is 19.3. The number of fused-ring (bicyclic) bond motifs is 2. The van der Waals surface area contributed by atoms with E-state index < -0.39 is 0 Å². The van der Waals surface area contributed by atoms with Gasteiger partial charge in [-0.25, -0.2) is 9.97 Å². The van der Waals surface area contributed by atoms with Gasteiger partial charge in [0.15, 0.2) is 0 Å². The number of nitrogens with zero attached hydrogens (tertiary/aromatic N) is 3. The van der Waals surface area contributed by atoms with Crippen molar-refractivity contribution < 1.29 is 0 Å². The summed E-state index contributed by atoms with van der Waals surface area (Å²) < 4.78 is 0. The Morgan fingerprint density at radius 1 is 0.964 bits per heavy atom. The largest absolute Gasteiger partial charge is 0.337 e. The molecule has 6 nitrogen and oxygen atoms in total. The second kappa shape index (κ2) is 6.28. The van der Waals surface area contributed by atoms with Crippen LogP contribution in [0, 0.1) is 6.92 Å². The number of imidazole rings is 1. The lowest BCUT2D eigenvalue weighted by molar-refractivity contribution is 1.24. The maximum atomic E-state index is 12.7. The fourth-order valence-corrected chi connectivity index (χ4v) is 3.52. The van der Waals surface area contributed by atoms with E-state index in [0.29, 0.717) is 27.6 Å². The molecule has 0 atom stereocenters. The Hall–Kier alpha value is -3.51. The van der Waals surface area contributed by atoms with E-state index >= 15 is 0 Å². The van der Waals surface area contributed by atoms with Crippen LogP contribution in [0.2, 0.25) is 5.15 Å². The fourth-order valence-electron chi connectivity index (χ4n) is 3.37. The highest BCUT2D eigenvalue weighted by Crippen LogP contribution is 2.29. The normalized spacial score (nSPS) is 11.4. The minimum Gasteiger partial charge on any atom is -0.337 e. The van der Waals surface area contributed by atoms with E-state index in [1.165, 1.54) is 0 Å². The SMILES string of the molecule is Cc1ccccc1-c1nccc2[nH]c(=O)c(-c3nc4cc(Cl)ncc4[nH]3)cc12. The highest BCUT2D eigenvalue weighted by atomic mass is 35.5. The summed E-state index contributed by atoms with van der Waals surface area (Å²) in [4.78, 5) is 31.9. The lowest BCUT2D eigenvalue weighted by Gasteiger charge is -2.09. The number of pyridine rings is 3. The molecule has 0 aliphatic rings. The topological polar surface area (TPSA) is 87.3 Å². The quantitative estimate of drug-likeness (QED) is 0.437. The van der Waals surface area contributed by atoms with Crippen LogP contribution in [0.3, 0.4) is 0 Å². The van der Waals surface area contributed by atoms with Gasteiger partial charge in [-0.3, -0.25) is 9.78 Å². The zero-order valence-corrected chi connectivity index (χ0v) is 15.6. The summed E-state index contributed by atoms with van der Waals surface area (Å²) in [5, 5.41) is 1.20. The highest BCUT2D eigenvalue weighted by molar-refractivity contribution is 6.29. The fraction of sp³-hybridized carbons (Fsp3) is 0.0476. The summed E-state index contributed by atoms with van der Waals surface area (Å²) in [6.45, 7) is 2.04. The number of hydrogen-bond donors (Lipinski definition) is 2. The van der Waals surface area contributed by atoms with Crippen molar-refractivity contribution in [2.45, 2.75) is 6.92 Å². The van der Waals surface area contributed by atoms with Crippen LogP contribution in [0.4, 0.5) is 0 Å². The lowest BCUT2D eigenvalue weighted by Crippen LogP contribution is -2.10. The molecule has 0 spiro atoms. The Balaban J connectivity index is 1.78. The van der Waals surface area contributed by atoms with Gasteiger partial charge in [0.2, 0.25) is 0 Å². The molecule has 5 aromatic rings. The van der Waals surface area contributed by atoms with Gasteiger partial charge in [-0.05, 0) is 24.6 Å². The summed E-state index contributed by atoms with van der Waals surface area (Å²) in [5.74, 6) is 0.460. The predicted octanol–water partition coefficient (Wildman–Crippen LogP) is 4.49. The zero-order valence-electron chi connectivity index (χ0n) is 14.8. The van der Waals surface area contributed by atoms with E-state index in [9.17, 15) is 4.79 Å². The van der Waals surface area contributed by atoms with Gasteiger partial charge in [-0.1, -0.05) is 35.9 Å². The minimum atomic E-state index is -0.229. The summed E-state index contributed by atoms with van der Waals surface area (Å²) in [6, 6.07) is 13.3. The smallest absolute Gasteiger partial charge is 0.259 e. The molecule has 5 rings (SSSR count). The Bertz CT molecular complexity index is 1420. The highest BCUT2D eigenvalue weighted by Gasteiger charge is 2.14. The van der Waals surface area contributed by atoms with Crippen LogP contribution in [0.25, 0.3) is 44.6 Å². The third-order valence-electron chi connectivity index (χ3n) is 4.76. The van der Waals surface area contributed by atoms with Crippen LogP contribution >= 0.6 is 11.6 Å². The molecular weight excluding hydrogens is 374 g/mol. The molecular formula is C21H14ClN5O. The first-order valence-electron chi connectivity index (χ1n) is 8.70. The first-order chi connectivity index (χ1) is 13.6. The van der Waals surface area contributed by atoms with Crippen LogP contribution in [-0.2, 0) is 0 Å². The van der Waals surface area contributed by atoms with Crippen molar-refractivity contribution in [3.63, 3.8) is 0 Å². The van der Waals surface area contributed by atoms with Crippen LogP contribution in [0.1, 0.15) is 5.56 Å². The molecule has 4 aromatic heterocycles. The van der Waals surface area contributed by atoms with Crippen molar-refractivity contribution >= 4 is 33.5 Å². The molecule has 0 saturated heterocycles. The number of hydrogen-bond acceptors (Lipinski definition) is 4. The molecule has 0 saturated carbocycles. The Morgan fingerprint density at radius 2 is 1.82 bits per heavy atom. The van der Waals surface area contributed by atoms with Gasteiger partial charge >= 0.3 is 0 Å². The van der Waals surface area contributed by atoms with E-state index in [-0.39, 0.29) is 5.56 Å². The maximum Gasteiger partial charge on any atom is 0.259 e. The molecule has 0 bridgehead atoms. The number of rotatable bonds is 2. The van der Waals surface area contributed by atoms with Crippen LogP contribution in [0.15, 0.2) is 59.7 Å². The molecule has 7 heteroatoms. The molecule has 0 radical (unpaired) electrons. The third-order valence-corrected chi connectivity index (χ3v) is 4.97. The van der Waals surface area contributed by atoms with Gasteiger partial charge in [-0.15, -0.1) is 0 Å². The number of aromatic amines is 2. The number of H-pyrrole nitrogens is 2. The van der Waals surface area contributed by atoms with Gasteiger partial charge in [0.05, 0.1) is 34.0 Å². The van der Waals surface area contributed by atoms with Gasteiger partial charge in [0, 0.05) is 23.2 Å². The van der Waals surface area contributed by atoms with Crippen molar-refractivity contribution in [2.75, 3.05) is 0 Å². The van der Waals surface area contributed by atoms with Crippen molar-refractivity contribution in [3.8, 4) is 22.6 Å². The van der Waals surface area contributed by atoms with Crippen molar-refractivity contribution in [1.82, 2.24) is 24.9 Å². The number of aromatic nitrogens is 5. The van der Waals surface area contributed by atoms with Crippen molar-refractivity contribution in [3.05, 3.63) is 75.9 Å². The van der Waals surface area contributed by atoms with Crippen LogP contribution in [0.5, 0.6) is 0 Å². The maximum absolute atomic E-state index is 12.7. The molecule has 2 N–H and O–H groups in total. The average Bonchev–Trinajstić information content (AvgIpc) is 3.10. The third kappa shape index (κ3) is 2.66. The number of halogens is 1. The first-order valence-corrected chi connectivity index (χ1v) is 9.07. The molecule has 136 valence electrons. The first kappa shape index (κ1) is 16.6. The van der Waals surface area contributed by atoms with Gasteiger partial charge in [0.1, 0.15) is 11.0 Å². The lowest BCUT2D eigenvalue weighted by atomic mass is 10.0. The second-order valence-corrected chi connectivity index (χ2v) is 6.94. The van der Waals surface area contributed by atoms with Crippen LogP contribution in [-0.4, -0.2) is 24.9 Å². The van der Waals surface area contributed by atoms with E-state index in [0.717, 1.165) is 27.7 Å². The van der Waals surface area contributed by atoms with Crippen molar-refractivity contribution in [2.24, 2.45) is 0 Å². The molecule has 0 aliphatic heterocycles. The van der Waals surface area contributed by atoms with Gasteiger partial charge < -0.3 is 9.97 Å². The van der Waals surface area contributed by atoms with Gasteiger partial charge in [-0.2, -0.15) is 0 Å². The molecule has 0 fully saturated rings. The molecule has 28 heavy (non-hydrogen) atoms.